The van der Waals surface area contributed by atoms with Gasteiger partial charge in [0.25, 0.3) is 0 Å². The van der Waals surface area contributed by atoms with Crippen LogP contribution in [-0.2, 0) is 11.3 Å². The Morgan fingerprint density at radius 3 is 2.62 bits per heavy atom. The fraction of sp³-hybridized carbons (Fsp3) is 0.526. The zero-order chi connectivity index (χ0) is 18.2. The molecule has 0 bridgehead atoms. The number of alkyl carbamates (subject to hydrolysis) is 1. The first-order valence-electron chi connectivity index (χ1n) is 8.05. The number of nitrogens with one attached hydrogen (secondary N) is 1. The van der Waals surface area contributed by atoms with Gasteiger partial charge in [0.05, 0.1) is 6.61 Å². The number of carbonyl (C=O) groups is 1. The second-order valence-corrected chi connectivity index (χ2v) is 6.83. The van der Waals surface area contributed by atoms with Crippen LogP contribution in [0.5, 0.6) is 5.75 Å². The summed E-state index contributed by atoms with van der Waals surface area (Å²) in [5.74, 6) is 3.29. The first kappa shape index (κ1) is 19.9. The van der Waals surface area contributed by atoms with E-state index in [1.54, 1.807) is 0 Å². The molecule has 0 aliphatic carbocycles. The molecule has 1 aromatic carbocycles. The number of rotatable bonds is 7. The molecular formula is C19H28N2O3. The van der Waals surface area contributed by atoms with Crippen molar-refractivity contribution in [1.29, 1.82) is 0 Å². The molecule has 0 heterocycles. The molecule has 1 aromatic rings. The lowest BCUT2D eigenvalue weighted by Gasteiger charge is -2.20. The SMILES string of the molecule is C#Cc1ccc(CNC(=O)OC(C)(C)C)c(OCCCN(C)C)c1. The van der Waals surface area contributed by atoms with Crippen LogP contribution in [0.1, 0.15) is 38.3 Å². The van der Waals surface area contributed by atoms with Crippen LogP contribution in [-0.4, -0.2) is 43.8 Å². The van der Waals surface area contributed by atoms with Crippen molar-refractivity contribution in [2.75, 3.05) is 27.2 Å². The number of hydrogen-bond acceptors (Lipinski definition) is 4. The van der Waals surface area contributed by atoms with E-state index in [1.165, 1.54) is 0 Å². The van der Waals surface area contributed by atoms with Gasteiger partial charge in [-0.3, -0.25) is 0 Å². The van der Waals surface area contributed by atoms with Gasteiger partial charge in [-0.1, -0.05) is 12.0 Å². The third-order valence-electron chi connectivity index (χ3n) is 3.06. The molecule has 1 amide bonds. The predicted molar refractivity (Wildman–Crippen MR) is 96.1 cm³/mol. The van der Waals surface area contributed by atoms with Crippen molar-refractivity contribution in [2.24, 2.45) is 0 Å². The number of ether oxygens (including phenoxy) is 2. The number of benzene rings is 1. The van der Waals surface area contributed by atoms with Crippen molar-refractivity contribution in [3.63, 3.8) is 0 Å². The van der Waals surface area contributed by atoms with E-state index >= 15 is 0 Å². The Balaban J connectivity index is 2.68. The minimum absolute atomic E-state index is 0.322. The second-order valence-electron chi connectivity index (χ2n) is 6.83. The summed E-state index contributed by atoms with van der Waals surface area (Å²) in [5.41, 5.74) is 1.09. The molecule has 0 aliphatic heterocycles. The van der Waals surface area contributed by atoms with Gasteiger partial charge in [0.15, 0.2) is 0 Å². The fourth-order valence-corrected chi connectivity index (χ4v) is 1.97. The summed E-state index contributed by atoms with van der Waals surface area (Å²) in [5, 5.41) is 2.74. The molecule has 0 saturated heterocycles. The Bertz CT molecular complexity index is 583. The van der Waals surface area contributed by atoms with Gasteiger partial charge in [-0.25, -0.2) is 4.79 Å². The smallest absolute Gasteiger partial charge is 0.407 e. The third kappa shape index (κ3) is 7.89. The number of hydrogen-bond donors (Lipinski definition) is 1. The monoisotopic (exact) mass is 332 g/mol. The molecule has 132 valence electrons. The summed E-state index contributed by atoms with van der Waals surface area (Å²) in [6.07, 6.45) is 5.91. The maximum absolute atomic E-state index is 11.8. The molecule has 1 N–H and O–H groups in total. The van der Waals surface area contributed by atoms with Crippen molar-refractivity contribution in [1.82, 2.24) is 10.2 Å². The summed E-state index contributed by atoms with van der Waals surface area (Å²) in [6, 6.07) is 5.52. The van der Waals surface area contributed by atoms with Gasteiger partial charge in [-0.15, -0.1) is 6.42 Å². The standard InChI is InChI=1S/C19H28N2O3/c1-7-15-9-10-16(14-20-18(22)24-19(2,3)4)17(13-15)23-12-8-11-21(5)6/h1,9-10,13H,8,11-12,14H2,2-6H3,(H,20,22). The van der Waals surface area contributed by atoms with E-state index < -0.39 is 11.7 Å². The molecule has 0 unspecified atom stereocenters. The molecule has 0 aliphatic rings. The topological polar surface area (TPSA) is 50.8 Å². The van der Waals surface area contributed by atoms with Crippen LogP contribution in [0.3, 0.4) is 0 Å². The van der Waals surface area contributed by atoms with E-state index in [0.717, 1.165) is 24.1 Å². The van der Waals surface area contributed by atoms with Crippen LogP contribution < -0.4 is 10.1 Å². The lowest BCUT2D eigenvalue weighted by Crippen LogP contribution is -2.32. The first-order valence-corrected chi connectivity index (χ1v) is 8.05. The van der Waals surface area contributed by atoms with Gasteiger partial charge in [0.2, 0.25) is 0 Å². The maximum atomic E-state index is 11.8. The Kier molecular flexibility index (Phi) is 7.60. The van der Waals surface area contributed by atoms with Crippen LogP contribution >= 0.6 is 0 Å². The Hall–Kier alpha value is -2.19. The summed E-state index contributed by atoms with van der Waals surface area (Å²) >= 11 is 0. The van der Waals surface area contributed by atoms with Gasteiger partial charge in [-0.2, -0.15) is 0 Å². The first-order chi connectivity index (χ1) is 11.2. The molecular weight excluding hydrogens is 304 g/mol. The average Bonchev–Trinajstić information content (AvgIpc) is 2.48. The van der Waals surface area contributed by atoms with E-state index in [2.05, 4.69) is 16.1 Å². The molecule has 0 fully saturated rings. The average molecular weight is 332 g/mol. The summed E-state index contributed by atoms with van der Waals surface area (Å²) < 4.78 is 11.1. The zero-order valence-electron chi connectivity index (χ0n) is 15.3. The maximum Gasteiger partial charge on any atom is 0.407 e. The van der Waals surface area contributed by atoms with Gasteiger partial charge < -0.3 is 19.7 Å². The van der Waals surface area contributed by atoms with Gasteiger partial charge in [0, 0.05) is 24.2 Å². The van der Waals surface area contributed by atoms with E-state index in [9.17, 15) is 4.79 Å². The highest BCUT2D eigenvalue weighted by Crippen LogP contribution is 2.21. The number of nitrogens with zero attached hydrogens (tertiary/aromatic N) is 1. The number of terminal acetylenes is 1. The van der Waals surface area contributed by atoms with Crippen molar-refractivity contribution >= 4 is 6.09 Å². The minimum atomic E-state index is -0.525. The van der Waals surface area contributed by atoms with E-state index in [0.29, 0.717) is 18.9 Å². The van der Waals surface area contributed by atoms with Crippen molar-refractivity contribution in [3.05, 3.63) is 29.3 Å². The van der Waals surface area contributed by atoms with Crippen LogP contribution in [0.15, 0.2) is 18.2 Å². The molecule has 0 atom stereocenters. The van der Waals surface area contributed by atoms with E-state index in [-0.39, 0.29) is 0 Å². The van der Waals surface area contributed by atoms with Gasteiger partial charge in [-0.05, 0) is 53.4 Å². The van der Waals surface area contributed by atoms with E-state index in [1.807, 2.05) is 53.1 Å². The van der Waals surface area contributed by atoms with Crippen LogP contribution in [0.4, 0.5) is 4.79 Å². The Morgan fingerprint density at radius 2 is 2.04 bits per heavy atom. The highest BCUT2D eigenvalue weighted by molar-refractivity contribution is 5.67. The number of amides is 1. The van der Waals surface area contributed by atoms with Crippen LogP contribution in [0.2, 0.25) is 0 Å². The Labute approximate surface area is 145 Å². The van der Waals surface area contributed by atoms with Crippen LogP contribution in [0, 0.1) is 12.3 Å². The predicted octanol–water partition coefficient (Wildman–Crippen LogP) is 3.02. The van der Waals surface area contributed by atoms with Gasteiger partial charge in [0.1, 0.15) is 11.4 Å². The Morgan fingerprint density at radius 1 is 1.33 bits per heavy atom. The second kappa shape index (κ2) is 9.19. The van der Waals surface area contributed by atoms with Crippen LogP contribution in [0.25, 0.3) is 0 Å². The largest absolute Gasteiger partial charge is 0.493 e. The molecule has 0 spiro atoms. The molecule has 5 nitrogen and oxygen atoms in total. The molecule has 5 heteroatoms. The molecule has 1 rings (SSSR count). The van der Waals surface area contributed by atoms with Crippen molar-refractivity contribution in [3.8, 4) is 18.1 Å². The van der Waals surface area contributed by atoms with Crippen molar-refractivity contribution in [2.45, 2.75) is 39.3 Å². The number of carbonyl (C=O) groups excluding carboxylic acids is 1. The minimum Gasteiger partial charge on any atom is -0.493 e. The summed E-state index contributed by atoms with van der Waals surface area (Å²) in [4.78, 5) is 13.9. The molecule has 0 saturated carbocycles. The van der Waals surface area contributed by atoms with E-state index in [4.69, 9.17) is 15.9 Å². The lowest BCUT2D eigenvalue weighted by atomic mass is 10.1. The van der Waals surface area contributed by atoms with Crippen molar-refractivity contribution < 1.29 is 14.3 Å². The third-order valence-corrected chi connectivity index (χ3v) is 3.06. The molecule has 24 heavy (non-hydrogen) atoms. The highest BCUT2D eigenvalue weighted by Gasteiger charge is 2.16. The normalized spacial score (nSPS) is 11.0. The lowest BCUT2D eigenvalue weighted by molar-refractivity contribution is 0.0523. The zero-order valence-corrected chi connectivity index (χ0v) is 15.3. The fourth-order valence-electron chi connectivity index (χ4n) is 1.97. The molecule has 0 radical (unpaired) electrons. The summed E-state index contributed by atoms with van der Waals surface area (Å²) in [7, 11) is 4.05. The quantitative estimate of drug-likeness (QED) is 0.616. The summed E-state index contributed by atoms with van der Waals surface area (Å²) in [6.45, 7) is 7.34. The van der Waals surface area contributed by atoms with Gasteiger partial charge >= 0.3 is 6.09 Å². The highest BCUT2D eigenvalue weighted by atomic mass is 16.6. The molecule has 0 aromatic heterocycles.